The van der Waals surface area contributed by atoms with Gasteiger partial charge in [-0.1, -0.05) is 36.4 Å². The maximum atomic E-state index is 11.5. The van der Waals surface area contributed by atoms with Crippen LogP contribution in [0.4, 0.5) is 0 Å². The van der Waals surface area contributed by atoms with Crippen LogP contribution in [0.1, 0.15) is 37.0 Å². The zero-order chi connectivity index (χ0) is 19.5. The van der Waals surface area contributed by atoms with Gasteiger partial charge in [-0.2, -0.15) is 0 Å². The van der Waals surface area contributed by atoms with E-state index in [1.807, 2.05) is 29.2 Å². The molecule has 0 aliphatic carbocycles. The fourth-order valence-corrected chi connectivity index (χ4v) is 4.06. The third kappa shape index (κ3) is 4.14. The van der Waals surface area contributed by atoms with Crippen LogP contribution in [0.5, 0.6) is 11.5 Å². The molecule has 2 aliphatic heterocycles. The van der Waals surface area contributed by atoms with Crippen LogP contribution in [0.15, 0.2) is 48.5 Å². The number of benzene rings is 2. The van der Waals surface area contributed by atoms with Crippen molar-refractivity contribution < 1.29 is 14.3 Å². The van der Waals surface area contributed by atoms with E-state index in [0.29, 0.717) is 12.6 Å². The van der Waals surface area contributed by atoms with Gasteiger partial charge in [0.15, 0.2) is 17.6 Å². The van der Waals surface area contributed by atoms with Crippen molar-refractivity contribution in [3.05, 3.63) is 59.7 Å². The lowest BCUT2D eigenvalue weighted by atomic mass is 10.0. The molecular formula is C23H28N2O3. The van der Waals surface area contributed by atoms with Crippen LogP contribution in [0.2, 0.25) is 0 Å². The molecule has 148 valence electrons. The SMILES string of the molecule is CC(=O)N1CCC(N(C)Cc2ccc(C3COc4ccccc4O3)cc2)CC1. The number of ether oxygens (including phenoxy) is 2. The van der Waals surface area contributed by atoms with E-state index in [4.69, 9.17) is 9.47 Å². The Hall–Kier alpha value is -2.53. The molecule has 4 rings (SSSR count). The maximum absolute atomic E-state index is 11.5. The molecule has 5 nitrogen and oxygen atoms in total. The fourth-order valence-electron chi connectivity index (χ4n) is 4.06. The standard InChI is InChI=1S/C23H28N2O3/c1-17(26)25-13-11-20(12-14-25)24(2)15-18-7-9-19(10-8-18)23-16-27-21-5-3-4-6-22(21)28-23/h3-10,20,23H,11-16H2,1-2H3. The van der Waals surface area contributed by atoms with Crippen LogP contribution in [-0.4, -0.2) is 48.5 Å². The Kier molecular flexibility index (Phi) is 5.53. The van der Waals surface area contributed by atoms with Gasteiger partial charge in [0.1, 0.15) is 6.61 Å². The zero-order valence-corrected chi connectivity index (χ0v) is 16.6. The second-order valence-electron chi connectivity index (χ2n) is 7.76. The van der Waals surface area contributed by atoms with Gasteiger partial charge in [0, 0.05) is 32.6 Å². The van der Waals surface area contributed by atoms with Crippen molar-refractivity contribution in [1.29, 1.82) is 0 Å². The first-order valence-corrected chi connectivity index (χ1v) is 10.0. The summed E-state index contributed by atoms with van der Waals surface area (Å²) in [5, 5.41) is 0. The lowest BCUT2D eigenvalue weighted by Crippen LogP contribution is -2.44. The smallest absolute Gasteiger partial charge is 0.219 e. The van der Waals surface area contributed by atoms with Crippen molar-refractivity contribution in [2.75, 3.05) is 26.7 Å². The quantitative estimate of drug-likeness (QED) is 0.812. The molecule has 1 unspecified atom stereocenters. The molecule has 0 N–H and O–H groups in total. The number of hydrogen-bond acceptors (Lipinski definition) is 4. The van der Waals surface area contributed by atoms with Crippen LogP contribution in [0.3, 0.4) is 0 Å². The molecule has 5 heteroatoms. The normalized spacial score (nSPS) is 19.7. The molecule has 2 aromatic carbocycles. The van der Waals surface area contributed by atoms with Crippen molar-refractivity contribution >= 4 is 5.91 Å². The second-order valence-corrected chi connectivity index (χ2v) is 7.76. The number of para-hydroxylation sites is 2. The molecule has 1 atom stereocenters. The topological polar surface area (TPSA) is 42.0 Å². The van der Waals surface area contributed by atoms with Crippen molar-refractivity contribution in [3.63, 3.8) is 0 Å². The van der Waals surface area contributed by atoms with E-state index in [9.17, 15) is 4.79 Å². The molecule has 28 heavy (non-hydrogen) atoms. The Labute approximate surface area is 166 Å². The summed E-state index contributed by atoms with van der Waals surface area (Å²) < 4.78 is 11.9. The van der Waals surface area contributed by atoms with E-state index < -0.39 is 0 Å². The van der Waals surface area contributed by atoms with Gasteiger partial charge in [-0.15, -0.1) is 0 Å². The van der Waals surface area contributed by atoms with E-state index in [1.165, 1.54) is 5.56 Å². The van der Waals surface area contributed by atoms with Gasteiger partial charge in [-0.05, 0) is 43.1 Å². The van der Waals surface area contributed by atoms with Crippen LogP contribution >= 0.6 is 0 Å². The highest BCUT2D eigenvalue weighted by molar-refractivity contribution is 5.73. The number of piperidine rings is 1. The number of fused-ring (bicyclic) bond motifs is 1. The molecule has 0 spiro atoms. The monoisotopic (exact) mass is 380 g/mol. The van der Waals surface area contributed by atoms with Crippen LogP contribution in [0.25, 0.3) is 0 Å². The van der Waals surface area contributed by atoms with Crippen LogP contribution in [0, 0.1) is 0 Å². The third-order valence-electron chi connectivity index (χ3n) is 5.83. The van der Waals surface area contributed by atoms with E-state index in [0.717, 1.165) is 49.5 Å². The minimum atomic E-state index is -0.0717. The number of amides is 1. The average Bonchev–Trinajstić information content (AvgIpc) is 2.74. The molecule has 0 bridgehead atoms. The van der Waals surface area contributed by atoms with Crippen LogP contribution < -0.4 is 9.47 Å². The first-order valence-electron chi connectivity index (χ1n) is 10.0. The van der Waals surface area contributed by atoms with Gasteiger partial charge in [-0.3, -0.25) is 9.69 Å². The molecule has 2 heterocycles. The minimum Gasteiger partial charge on any atom is -0.485 e. The Morgan fingerprint density at radius 1 is 1.07 bits per heavy atom. The molecule has 1 fully saturated rings. The highest BCUT2D eigenvalue weighted by Crippen LogP contribution is 2.35. The summed E-state index contributed by atoms with van der Waals surface area (Å²) >= 11 is 0. The number of carbonyl (C=O) groups is 1. The highest BCUT2D eigenvalue weighted by Gasteiger charge is 2.24. The Morgan fingerprint density at radius 3 is 2.43 bits per heavy atom. The lowest BCUT2D eigenvalue weighted by molar-refractivity contribution is -0.130. The van der Waals surface area contributed by atoms with Crippen molar-refractivity contribution in [2.45, 2.75) is 38.5 Å². The Bertz CT molecular complexity index is 813. The molecule has 1 amide bonds. The molecule has 0 radical (unpaired) electrons. The van der Waals surface area contributed by atoms with Gasteiger partial charge >= 0.3 is 0 Å². The average molecular weight is 380 g/mol. The second kappa shape index (κ2) is 8.23. The zero-order valence-electron chi connectivity index (χ0n) is 16.6. The van der Waals surface area contributed by atoms with E-state index in [1.54, 1.807) is 6.92 Å². The summed E-state index contributed by atoms with van der Waals surface area (Å²) in [7, 11) is 2.18. The number of carbonyl (C=O) groups excluding carboxylic acids is 1. The Balaban J connectivity index is 1.33. The molecule has 0 saturated carbocycles. The summed E-state index contributed by atoms with van der Waals surface area (Å²) in [5.41, 5.74) is 2.42. The first-order chi connectivity index (χ1) is 13.6. The predicted molar refractivity (Wildman–Crippen MR) is 108 cm³/mol. The van der Waals surface area contributed by atoms with E-state index in [2.05, 4.69) is 36.2 Å². The number of likely N-dealkylation sites (tertiary alicyclic amines) is 1. The summed E-state index contributed by atoms with van der Waals surface area (Å²) in [4.78, 5) is 15.8. The molecule has 0 aromatic heterocycles. The summed E-state index contributed by atoms with van der Waals surface area (Å²) in [6, 6.07) is 17.0. The van der Waals surface area contributed by atoms with Crippen molar-refractivity contribution in [3.8, 4) is 11.5 Å². The van der Waals surface area contributed by atoms with Gasteiger partial charge in [0.2, 0.25) is 5.91 Å². The van der Waals surface area contributed by atoms with E-state index in [-0.39, 0.29) is 12.0 Å². The summed E-state index contributed by atoms with van der Waals surface area (Å²) in [5.74, 6) is 1.81. The van der Waals surface area contributed by atoms with E-state index >= 15 is 0 Å². The van der Waals surface area contributed by atoms with Gasteiger partial charge in [-0.25, -0.2) is 0 Å². The maximum Gasteiger partial charge on any atom is 0.219 e. The Morgan fingerprint density at radius 2 is 1.75 bits per heavy atom. The molecule has 2 aliphatic rings. The summed E-state index contributed by atoms with van der Waals surface area (Å²) in [6.45, 7) is 4.83. The molecule has 2 aromatic rings. The molecular weight excluding hydrogens is 352 g/mol. The highest BCUT2D eigenvalue weighted by atomic mass is 16.6. The first kappa shape index (κ1) is 18.8. The number of nitrogens with zero attached hydrogens (tertiary/aromatic N) is 2. The number of hydrogen-bond donors (Lipinski definition) is 0. The fraction of sp³-hybridized carbons (Fsp3) is 0.435. The van der Waals surface area contributed by atoms with Gasteiger partial charge < -0.3 is 14.4 Å². The van der Waals surface area contributed by atoms with Gasteiger partial charge in [0.25, 0.3) is 0 Å². The minimum absolute atomic E-state index is 0.0717. The van der Waals surface area contributed by atoms with Crippen molar-refractivity contribution in [1.82, 2.24) is 9.80 Å². The lowest BCUT2D eigenvalue weighted by Gasteiger charge is -2.36. The molecule has 1 saturated heterocycles. The summed E-state index contributed by atoms with van der Waals surface area (Å²) in [6.07, 6.45) is 2.01. The van der Waals surface area contributed by atoms with Crippen LogP contribution in [-0.2, 0) is 11.3 Å². The van der Waals surface area contributed by atoms with Crippen molar-refractivity contribution in [2.24, 2.45) is 0 Å². The largest absolute Gasteiger partial charge is 0.485 e. The number of rotatable bonds is 4. The van der Waals surface area contributed by atoms with Gasteiger partial charge in [0.05, 0.1) is 0 Å². The predicted octanol–water partition coefficient (Wildman–Crippen LogP) is 3.64. The third-order valence-corrected chi connectivity index (χ3v) is 5.83.